The lowest BCUT2D eigenvalue weighted by Crippen LogP contribution is -2.22. The van der Waals surface area contributed by atoms with Crippen molar-refractivity contribution in [3.05, 3.63) is 28.2 Å². The van der Waals surface area contributed by atoms with Crippen LogP contribution in [0.3, 0.4) is 0 Å². The van der Waals surface area contributed by atoms with Gasteiger partial charge in [0, 0.05) is 24.8 Å². The topological polar surface area (TPSA) is 48.7 Å². The highest BCUT2D eigenvalue weighted by Crippen LogP contribution is 2.11. The number of unbranched alkanes of at least 4 members (excludes halogenated alkanes) is 1. The number of aromatic nitrogens is 1. The van der Waals surface area contributed by atoms with Crippen LogP contribution in [-0.2, 0) is 13.1 Å². The van der Waals surface area contributed by atoms with Crippen molar-refractivity contribution in [2.45, 2.75) is 38.8 Å². The maximum atomic E-state index is 11.6. The summed E-state index contributed by atoms with van der Waals surface area (Å²) < 4.78 is 2.01. The van der Waals surface area contributed by atoms with Gasteiger partial charge in [-0.3, -0.25) is 4.79 Å². The fourth-order valence-electron chi connectivity index (χ4n) is 2.89. The van der Waals surface area contributed by atoms with Crippen LogP contribution in [0.4, 0.5) is 0 Å². The quantitative estimate of drug-likeness (QED) is 0.774. The summed E-state index contributed by atoms with van der Waals surface area (Å²) >= 11 is 0. The van der Waals surface area contributed by atoms with Crippen molar-refractivity contribution >= 4 is 0 Å². The lowest BCUT2D eigenvalue weighted by Gasteiger charge is -2.18. The molecular formula is C16H27N3O2. The molecule has 118 valence electrons. The second kappa shape index (κ2) is 7.61. The molecule has 1 aliphatic rings. The zero-order valence-corrected chi connectivity index (χ0v) is 13.2. The van der Waals surface area contributed by atoms with Gasteiger partial charge in [-0.2, -0.15) is 0 Å². The van der Waals surface area contributed by atoms with E-state index in [1.807, 2.05) is 23.6 Å². The second-order valence-corrected chi connectivity index (χ2v) is 6.20. The van der Waals surface area contributed by atoms with Gasteiger partial charge in [-0.1, -0.05) is 0 Å². The highest BCUT2D eigenvalue weighted by Gasteiger charge is 2.11. The summed E-state index contributed by atoms with van der Waals surface area (Å²) in [5.41, 5.74) is 0.670. The van der Waals surface area contributed by atoms with Gasteiger partial charge in [0.05, 0.1) is 6.20 Å². The number of likely N-dealkylation sites (tertiary alicyclic amines) is 1. The second-order valence-electron chi connectivity index (χ2n) is 6.20. The Balaban J connectivity index is 1.90. The molecule has 2 heterocycles. The van der Waals surface area contributed by atoms with Gasteiger partial charge in [0.15, 0.2) is 5.75 Å². The molecule has 1 saturated heterocycles. The summed E-state index contributed by atoms with van der Waals surface area (Å²) in [6.45, 7) is 5.21. The first-order valence-corrected chi connectivity index (χ1v) is 7.85. The van der Waals surface area contributed by atoms with Gasteiger partial charge < -0.3 is 19.5 Å². The largest absolute Gasteiger partial charge is 0.503 e. The van der Waals surface area contributed by atoms with Crippen molar-refractivity contribution in [3.63, 3.8) is 0 Å². The van der Waals surface area contributed by atoms with Gasteiger partial charge in [-0.15, -0.1) is 0 Å². The first-order valence-electron chi connectivity index (χ1n) is 7.85. The van der Waals surface area contributed by atoms with Gasteiger partial charge in [0.25, 0.3) is 0 Å². The van der Waals surface area contributed by atoms with Crippen LogP contribution in [0.5, 0.6) is 5.75 Å². The van der Waals surface area contributed by atoms with E-state index in [0.29, 0.717) is 6.54 Å². The average molecular weight is 293 g/mol. The zero-order valence-electron chi connectivity index (χ0n) is 13.2. The Morgan fingerprint density at radius 2 is 1.86 bits per heavy atom. The van der Waals surface area contributed by atoms with E-state index in [2.05, 4.69) is 4.90 Å². The zero-order chi connectivity index (χ0) is 15.2. The van der Waals surface area contributed by atoms with E-state index in [1.54, 1.807) is 12.3 Å². The summed E-state index contributed by atoms with van der Waals surface area (Å²) in [7, 11) is 3.96. The van der Waals surface area contributed by atoms with E-state index in [-0.39, 0.29) is 11.2 Å². The predicted molar refractivity (Wildman–Crippen MR) is 84.7 cm³/mol. The molecule has 0 spiro atoms. The highest BCUT2D eigenvalue weighted by atomic mass is 16.3. The van der Waals surface area contributed by atoms with Crippen LogP contribution in [0.15, 0.2) is 17.1 Å². The fraction of sp³-hybridized carbons (Fsp3) is 0.688. The van der Waals surface area contributed by atoms with E-state index in [0.717, 1.165) is 31.6 Å². The molecule has 2 rings (SSSR count). The van der Waals surface area contributed by atoms with Crippen LogP contribution < -0.4 is 5.43 Å². The minimum atomic E-state index is -0.292. The summed E-state index contributed by atoms with van der Waals surface area (Å²) in [6, 6.07) is 1.55. The van der Waals surface area contributed by atoms with Crippen LogP contribution in [0.1, 0.15) is 31.4 Å². The van der Waals surface area contributed by atoms with Gasteiger partial charge in [-0.05, 0) is 59.4 Å². The first-order chi connectivity index (χ1) is 10.1. The molecule has 1 aliphatic heterocycles. The summed E-state index contributed by atoms with van der Waals surface area (Å²) in [6.07, 6.45) is 6.48. The molecule has 1 aromatic heterocycles. The molecule has 0 bridgehead atoms. The van der Waals surface area contributed by atoms with Crippen molar-refractivity contribution < 1.29 is 5.11 Å². The Labute approximate surface area is 126 Å². The van der Waals surface area contributed by atoms with Gasteiger partial charge in [-0.25, -0.2) is 0 Å². The van der Waals surface area contributed by atoms with Crippen molar-refractivity contribution in [2.75, 3.05) is 33.7 Å². The van der Waals surface area contributed by atoms with E-state index in [9.17, 15) is 9.90 Å². The standard InChI is InChI=1S/C16H27N3O2/c1-17(2)12-14-11-15(20)16(21)13-19(14)10-6-5-9-18-7-3-4-8-18/h11,13,21H,3-10,12H2,1-2H3. The molecule has 0 aliphatic carbocycles. The molecule has 1 fully saturated rings. The monoisotopic (exact) mass is 293 g/mol. The van der Waals surface area contributed by atoms with Crippen LogP contribution in [0, 0.1) is 0 Å². The van der Waals surface area contributed by atoms with Crippen LogP contribution in [-0.4, -0.2) is 53.2 Å². The Morgan fingerprint density at radius 3 is 2.52 bits per heavy atom. The smallest absolute Gasteiger partial charge is 0.223 e. The minimum Gasteiger partial charge on any atom is -0.503 e. The molecule has 0 aromatic carbocycles. The number of rotatable bonds is 7. The number of aryl methyl sites for hydroxylation is 1. The summed E-state index contributed by atoms with van der Waals surface area (Å²) in [5, 5.41) is 9.63. The van der Waals surface area contributed by atoms with Crippen LogP contribution in [0.2, 0.25) is 0 Å². The Hall–Kier alpha value is -1.33. The maximum Gasteiger partial charge on any atom is 0.223 e. The number of hydrogen-bond donors (Lipinski definition) is 1. The van der Waals surface area contributed by atoms with Crippen molar-refractivity contribution in [2.24, 2.45) is 0 Å². The lowest BCUT2D eigenvalue weighted by molar-refractivity contribution is 0.324. The molecule has 0 amide bonds. The third-order valence-corrected chi connectivity index (χ3v) is 4.00. The number of aromatic hydroxyl groups is 1. The Bertz CT molecular complexity index is 505. The molecule has 1 N–H and O–H groups in total. The van der Waals surface area contributed by atoms with Crippen LogP contribution in [0.25, 0.3) is 0 Å². The third-order valence-electron chi connectivity index (χ3n) is 4.00. The average Bonchev–Trinajstić information content (AvgIpc) is 2.92. The van der Waals surface area contributed by atoms with Crippen molar-refractivity contribution in [1.82, 2.24) is 14.4 Å². The number of nitrogens with zero attached hydrogens (tertiary/aromatic N) is 3. The van der Waals surface area contributed by atoms with Gasteiger partial charge in [0.2, 0.25) is 5.43 Å². The molecule has 0 radical (unpaired) electrons. The van der Waals surface area contributed by atoms with E-state index < -0.39 is 0 Å². The molecule has 0 saturated carbocycles. The molecule has 1 aromatic rings. The maximum absolute atomic E-state index is 11.6. The lowest BCUT2D eigenvalue weighted by atomic mass is 10.2. The molecule has 5 nitrogen and oxygen atoms in total. The highest BCUT2D eigenvalue weighted by molar-refractivity contribution is 5.20. The normalized spacial score (nSPS) is 16.0. The van der Waals surface area contributed by atoms with E-state index in [1.165, 1.54) is 25.9 Å². The summed E-state index contributed by atoms with van der Waals surface area (Å²) in [4.78, 5) is 16.1. The van der Waals surface area contributed by atoms with Crippen molar-refractivity contribution in [1.29, 1.82) is 0 Å². The van der Waals surface area contributed by atoms with Gasteiger partial charge >= 0.3 is 0 Å². The Kier molecular flexibility index (Phi) is 5.82. The Morgan fingerprint density at radius 1 is 1.19 bits per heavy atom. The predicted octanol–water partition coefficient (Wildman–Crippen LogP) is 1.49. The van der Waals surface area contributed by atoms with Crippen LogP contribution >= 0.6 is 0 Å². The number of hydrogen-bond acceptors (Lipinski definition) is 4. The number of pyridine rings is 1. The van der Waals surface area contributed by atoms with E-state index in [4.69, 9.17) is 0 Å². The molecule has 0 unspecified atom stereocenters. The first kappa shape index (κ1) is 16.0. The third kappa shape index (κ3) is 4.86. The molecular weight excluding hydrogens is 266 g/mol. The SMILES string of the molecule is CN(C)Cc1cc(=O)c(O)cn1CCCCN1CCCC1. The molecule has 0 atom stereocenters. The fourth-order valence-corrected chi connectivity index (χ4v) is 2.89. The minimum absolute atomic E-state index is 0.156. The summed E-state index contributed by atoms with van der Waals surface area (Å²) in [5.74, 6) is -0.156. The van der Waals surface area contributed by atoms with E-state index >= 15 is 0 Å². The van der Waals surface area contributed by atoms with Gasteiger partial charge in [0.1, 0.15) is 0 Å². The molecule has 5 heteroatoms. The molecule has 21 heavy (non-hydrogen) atoms. The van der Waals surface area contributed by atoms with Crippen molar-refractivity contribution in [3.8, 4) is 5.75 Å².